The monoisotopic (exact) mass is 310 g/mol. The van der Waals surface area contributed by atoms with Gasteiger partial charge >= 0.3 is 11.8 Å². The maximum Gasteiger partial charge on any atom is 0.313 e. The van der Waals surface area contributed by atoms with Crippen LogP contribution >= 0.6 is 0 Å². The van der Waals surface area contributed by atoms with Gasteiger partial charge in [0.1, 0.15) is 5.82 Å². The quantitative estimate of drug-likeness (QED) is 0.728. The Kier molecular flexibility index (Phi) is 6.05. The molecule has 122 valence electrons. The van der Waals surface area contributed by atoms with Crippen LogP contribution in [0.3, 0.4) is 0 Å². The van der Waals surface area contributed by atoms with Crippen LogP contribution in [0.2, 0.25) is 0 Å². The first-order valence-corrected chi connectivity index (χ1v) is 7.25. The summed E-state index contributed by atoms with van der Waals surface area (Å²) in [6, 6.07) is 4.17. The molecule has 0 saturated heterocycles. The second-order valence-corrected chi connectivity index (χ2v) is 5.77. The Balaban J connectivity index is 2.59. The van der Waals surface area contributed by atoms with Crippen molar-refractivity contribution < 1.29 is 19.1 Å². The van der Waals surface area contributed by atoms with Crippen molar-refractivity contribution in [2.45, 2.75) is 39.7 Å². The highest BCUT2D eigenvalue weighted by Crippen LogP contribution is 2.18. The Hall–Kier alpha value is -1.95. The molecule has 22 heavy (non-hydrogen) atoms. The van der Waals surface area contributed by atoms with E-state index < -0.39 is 23.2 Å². The van der Waals surface area contributed by atoms with Crippen LogP contribution in [0.25, 0.3) is 0 Å². The van der Waals surface area contributed by atoms with E-state index in [1.165, 1.54) is 12.1 Å². The number of benzene rings is 1. The lowest BCUT2D eigenvalue weighted by atomic mass is 9.89. The van der Waals surface area contributed by atoms with Gasteiger partial charge in [-0.25, -0.2) is 4.39 Å². The third kappa shape index (κ3) is 4.80. The molecule has 2 amide bonds. The van der Waals surface area contributed by atoms with Gasteiger partial charge in [-0.3, -0.25) is 9.59 Å². The zero-order chi connectivity index (χ0) is 16.9. The molecule has 2 atom stereocenters. The van der Waals surface area contributed by atoms with Crippen molar-refractivity contribution in [1.29, 1.82) is 0 Å². The van der Waals surface area contributed by atoms with Gasteiger partial charge in [-0.15, -0.1) is 0 Å². The number of carbonyl (C=O) groups excluding carboxylic acids is 2. The predicted octanol–water partition coefficient (Wildman–Crippen LogP) is 1.99. The first kappa shape index (κ1) is 18.1. The second-order valence-electron chi connectivity index (χ2n) is 5.77. The van der Waals surface area contributed by atoms with Gasteiger partial charge in [0.05, 0.1) is 5.60 Å². The summed E-state index contributed by atoms with van der Waals surface area (Å²) in [6.45, 7) is 6.97. The minimum Gasteiger partial charge on any atom is -0.388 e. The van der Waals surface area contributed by atoms with Crippen LogP contribution in [0.4, 0.5) is 10.1 Å². The van der Waals surface area contributed by atoms with E-state index >= 15 is 0 Å². The number of carbonyl (C=O) groups is 2. The van der Waals surface area contributed by atoms with E-state index in [0.29, 0.717) is 5.56 Å². The molecular formula is C16H23FN2O3. The SMILES string of the molecule is CCC(C)C(C)(O)CNC(=O)C(=O)Nc1ccc(C)c(F)c1. The van der Waals surface area contributed by atoms with E-state index in [0.717, 1.165) is 12.5 Å². The smallest absolute Gasteiger partial charge is 0.313 e. The summed E-state index contributed by atoms with van der Waals surface area (Å²) in [5.74, 6) is -2.26. The van der Waals surface area contributed by atoms with E-state index in [-0.39, 0.29) is 18.2 Å². The molecule has 0 heterocycles. The standard InChI is InChI=1S/C16H23FN2O3/c1-5-11(3)16(4,22)9-18-14(20)15(21)19-12-7-6-10(2)13(17)8-12/h6-8,11,22H,5,9H2,1-4H3,(H,18,20)(H,19,21). The number of hydrogen-bond acceptors (Lipinski definition) is 3. The fourth-order valence-electron chi connectivity index (χ4n) is 1.81. The van der Waals surface area contributed by atoms with Crippen molar-refractivity contribution in [2.75, 3.05) is 11.9 Å². The minimum atomic E-state index is -1.10. The van der Waals surface area contributed by atoms with Crippen LogP contribution in [0.1, 0.15) is 32.8 Å². The van der Waals surface area contributed by atoms with Gasteiger partial charge in [-0.05, 0) is 37.5 Å². The van der Waals surface area contributed by atoms with E-state index in [1.807, 2.05) is 13.8 Å². The van der Waals surface area contributed by atoms with Gasteiger partial charge in [0.25, 0.3) is 0 Å². The van der Waals surface area contributed by atoms with Gasteiger partial charge in [0.2, 0.25) is 0 Å². The molecule has 0 fully saturated rings. The van der Waals surface area contributed by atoms with Crippen molar-refractivity contribution in [3.8, 4) is 0 Å². The first-order chi connectivity index (χ1) is 10.2. The molecule has 0 aromatic heterocycles. The maximum atomic E-state index is 13.4. The minimum absolute atomic E-state index is 0.0259. The first-order valence-electron chi connectivity index (χ1n) is 7.25. The number of rotatable bonds is 5. The van der Waals surface area contributed by atoms with Gasteiger partial charge in [-0.2, -0.15) is 0 Å². The van der Waals surface area contributed by atoms with Gasteiger partial charge < -0.3 is 15.7 Å². The molecule has 5 nitrogen and oxygen atoms in total. The number of aryl methyl sites for hydroxylation is 1. The molecule has 0 bridgehead atoms. The molecule has 0 radical (unpaired) electrons. The molecule has 0 spiro atoms. The Morgan fingerprint density at radius 2 is 2.00 bits per heavy atom. The summed E-state index contributed by atoms with van der Waals surface area (Å²) in [6.07, 6.45) is 0.748. The Morgan fingerprint density at radius 3 is 2.55 bits per heavy atom. The average molecular weight is 310 g/mol. The van der Waals surface area contributed by atoms with Crippen LogP contribution in [0.15, 0.2) is 18.2 Å². The summed E-state index contributed by atoms with van der Waals surface area (Å²) < 4.78 is 13.4. The van der Waals surface area contributed by atoms with E-state index in [2.05, 4.69) is 10.6 Å². The lowest BCUT2D eigenvalue weighted by molar-refractivity contribution is -0.137. The molecule has 0 aliphatic heterocycles. The molecule has 0 saturated carbocycles. The molecule has 3 N–H and O–H groups in total. The molecule has 1 rings (SSSR count). The molecule has 6 heteroatoms. The van der Waals surface area contributed by atoms with Crippen molar-refractivity contribution in [2.24, 2.45) is 5.92 Å². The number of nitrogens with one attached hydrogen (secondary N) is 2. The molecule has 2 unspecified atom stereocenters. The van der Waals surface area contributed by atoms with Crippen molar-refractivity contribution in [3.63, 3.8) is 0 Å². The van der Waals surface area contributed by atoms with E-state index in [1.54, 1.807) is 13.8 Å². The topological polar surface area (TPSA) is 78.4 Å². The van der Waals surface area contributed by atoms with Crippen LogP contribution in [-0.2, 0) is 9.59 Å². The van der Waals surface area contributed by atoms with Crippen molar-refractivity contribution >= 4 is 17.5 Å². The lowest BCUT2D eigenvalue weighted by Crippen LogP contribution is -2.47. The molecule has 0 aliphatic rings. The highest BCUT2D eigenvalue weighted by Gasteiger charge is 2.28. The zero-order valence-electron chi connectivity index (χ0n) is 13.4. The Morgan fingerprint density at radius 1 is 1.36 bits per heavy atom. The van der Waals surface area contributed by atoms with Gasteiger partial charge in [-0.1, -0.05) is 26.3 Å². The highest BCUT2D eigenvalue weighted by molar-refractivity contribution is 6.39. The fraction of sp³-hybridized carbons (Fsp3) is 0.500. The Bertz CT molecular complexity index is 558. The van der Waals surface area contributed by atoms with E-state index in [9.17, 15) is 19.1 Å². The molecule has 0 aliphatic carbocycles. The number of hydrogen-bond donors (Lipinski definition) is 3. The third-order valence-electron chi connectivity index (χ3n) is 3.92. The molecular weight excluding hydrogens is 287 g/mol. The molecule has 1 aromatic carbocycles. The summed E-state index contributed by atoms with van der Waals surface area (Å²) >= 11 is 0. The number of halogens is 1. The summed E-state index contributed by atoms with van der Waals surface area (Å²) in [7, 11) is 0. The Labute approximate surface area is 129 Å². The second kappa shape index (κ2) is 7.35. The normalized spacial score (nSPS) is 14.8. The summed E-state index contributed by atoms with van der Waals surface area (Å²) in [5, 5.41) is 14.9. The lowest BCUT2D eigenvalue weighted by Gasteiger charge is -2.29. The van der Waals surface area contributed by atoms with Gasteiger partial charge in [0, 0.05) is 12.2 Å². The fourth-order valence-corrected chi connectivity index (χ4v) is 1.81. The highest BCUT2D eigenvalue weighted by atomic mass is 19.1. The van der Waals surface area contributed by atoms with Crippen molar-refractivity contribution in [1.82, 2.24) is 5.32 Å². The third-order valence-corrected chi connectivity index (χ3v) is 3.92. The summed E-state index contributed by atoms with van der Waals surface area (Å²) in [4.78, 5) is 23.5. The van der Waals surface area contributed by atoms with Crippen LogP contribution < -0.4 is 10.6 Å². The number of aliphatic hydroxyl groups is 1. The largest absolute Gasteiger partial charge is 0.388 e. The molecule has 1 aromatic rings. The van der Waals surface area contributed by atoms with Crippen LogP contribution in [0.5, 0.6) is 0 Å². The predicted molar refractivity (Wildman–Crippen MR) is 82.9 cm³/mol. The number of amides is 2. The zero-order valence-corrected chi connectivity index (χ0v) is 13.4. The van der Waals surface area contributed by atoms with Gasteiger partial charge in [0.15, 0.2) is 0 Å². The summed E-state index contributed by atoms with van der Waals surface area (Å²) in [5.41, 5.74) is -0.440. The average Bonchev–Trinajstić information content (AvgIpc) is 2.47. The van der Waals surface area contributed by atoms with E-state index in [4.69, 9.17) is 0 Å². The maximum absolute atomic E-state index is 13.4. The van der Waals surface area contributed by atoms with Crippen LogP contribution in [-0.4, -0.2) is 29.1 Å². The van der Waals surface area contributed by atoms with Crippen molar-refractivity contribution in [3.05, 3.63) is 29.6 Å². The van der Waals surface area contributed by atoms with Crippen LogP contribution in [0, 0.1) is 18.7 Å². The number of anilines is 1.